The SMILES string of the molecule is COc1cccc(C(=O)Nc2ccc(OCCN3CCOCC3)c(-c3ccn(C(=O)c4cccs4)n3)c2)c1. The zero-order valence-electron chi connectivity index (χ0n) is 21.0. The Bertz CT molecular complexity index is 1400. The van der Waals surface area contributed by atoms with Crippen LogP contribution in [0.2, 0.25) is 0 Å². The van der Waals surface area contributed by atoms with Crippen LogP contribution in [-0.2, 0) is 4.74 Å². The first kappa shape index (κ1) is 25.7. The Labute approximate surface area is 224 Å². The van der Waals surface area contributed by atoms with Gasteiger partial charge in [-0.2, -0.15) is 5.10 Å². The van der Waals surface area contributed by atoms with Crippen molar-refractivity contribution in [2.75, 3.05) is 51.9 Å². The molecule has 2 aromatic heterocycles. The van der Waals surface area contributed by atoms with Crippen LogP contribution >= 0.6 is 11.3 Å². The lowest BCUT2D eigenvalue weighted by molar-refractivity contribution is 0.0323. The van der Waals surface area contributed by atoms with Gasteiger partial charge in [-0.25, -0.2) is 4.68 Å². The number of anilines is 1. The summed E-state index contributed by atoms with van der Waals surface area (Å²) in [7, 11) is 1.56. The summed E-state index contributed by atoms with van der Waals surface area (Å²) in [5.74, 6) is 0.743. The van der Waals surface area contributed by atoms with Crippen molar-refractivity contribution in [1.29, 1.82) is 0 Å². The number of hydrogen-bond acceptors (Lipinski definition) is 8. The third kappa shape index (κ3) is 6.10. The van der Waals surface area contributed by atoms with Gasteiger partial charge < -0.3 is 19.5 Å². The van der Waals surface area contributed by atoms with Crippen molar-refractivity contribution >= 4 is 28.8 Å². The van der Waals surface area contributed by atoms with E-state index in [1.54, 1.807) is 55.8 Å². The number of nitrogens with zero attached hydrogens (tertiary/aromatic N) is 3. The normalized spacial score (nSPS) is 13.7. The van der Waals surface area contributed by atoms with E-state index >= 15 is 0 Å². The van der Waals surface area contributed by atoms with E-state index in [4.69, 9.17) is 14.2 Å². The summed E-state index contributed by atoms with van der Waals surface area (Å²) in [5, 5.41) is 9.32. The Morgan fingerprint density at radius 2 is 1.95 bits per heavy atom. The summed E-state index contributed by atoms with van der Waals surface area (Å²) in [6.07, 6.45) is 1.64. The molecule has 1 saturated heterocycles. The van der Waals surface area contributed by atoms with Crippen LogP contribution in [0.3, 0.4) is 0 Å². The van der Waals surface area contributed by atoms with Gasteiger partial charge in [0, 0.05) is 42.6 Å². The molecule has 9 nitrogen and oxygen atoms in total. The lowest BCUT2D eigenvalue weighted by atomic mass is 10.1. The highest BCUT2D eigenvalue weighted by atomic mass is 32.1. The molecule has 196 valence electrons. The van der Waals surface area contributed by atoms with E-state index in [2.05, 4.69) is 15.3 Å². The van der Waals surface area contributed by atoms with Crippen molar-refractivity contribution in [3.05, 3.63) is 82.7 Å². The van der Waals surface area contributed by atoms with Gasteiger partial charge in [0.15, 0.2) is 0 Å². The van der Waals surface area contributed by atoms with Crippen molar-refractivity contribution < 1.29 is 23.8 Å². The van der Waals surface area contributed by atoms with Crippen LogP contribution in [0.1, 0.15) is 20.0 Å². The molecule has 3 heterocycles. The first-order valence-corrected chi connectivity index (χ1v) is 13.2. The molecule has 0 unspecified atom stereocenters. The van der Waals surface area contributed by atoms with Crippen molar-refractivity contribution in [1.82, 2.24) is 14.7 Å². The molecule has 0 atom stereocenters. The van der Waals surface area contributed by atoms with Gasteiger partial charge in [-0.05, 0) is 53.9 Å². The molecule has 0 bridgehead atoms. The van der Waals surface area contributed by atoms with E-state index in [1.165, 1.54) is 16.0 Å². The van der Waals surface area contributed by atoms with Gasteiger partial charge in [0.2, 0.25) is 0 Å². The van der Waals surface area contributed by atoms with Gasteiger partial charge in [0.05, 0.1) is 30.9 Å². The molecule has 1 N–H and O–H groups in total. The van der Waals surface area contributed by atoms with Crippen molar-refractivity contribution in [2.24, 2.45) is 0 Å². The van der Waals surface area contributed by atoms with Gasteiger partial charge in [0.25, 0.3) is 11.8 Å². The van der Waals surface area contributed by atoms with Crippen LogP contribution in [0, 0.1) is 0 Å². The fourth-order valence-corrected chi connectivity index (χ4v) is 4.76. The number of hydrogen-bond donors (Lipinski definition) is 1. The molecule has 1 aliphatic rings. The van der Waals surface area contributed by atoms with Gasteiger partial charge in [-0.1, -0.05) is 12.1 Å². The van der Waals surface area contributed by atoms with Gasteiger partial charge >= 0.3 is 0 Å². The Hall–Kier alpha value is -3.99. The Morgan fingerprint density at radius 1 is 1.08 bits per heavy atom. The van der Waals surface area contributed by atoms with E-state index in [1.807, 2.05) is 23.6 Å². The number of carbonyl (C=O) groups is 2. The van der Waals surface area contributed by atoms with Gasteiger partial charge in [0.1, 0.15) is 18.1 Å². The number of ether oxygens (including phenoxy) is 3. The lowest BCUT2D eigenvalue weighted by Gasteiger charge is -2.26. The minimum absolute atomic E-state index is 0.205. The molecule has 0 saturated carbocycles. The average Bonchev–Trinajstić information content (AvgIpc) is 3.67. The first-order valence-electron chi connectivity index (χ1n) is 12.3. The highest BCUT2D eigenvalue weighted by Crippen LogP contribution is 2.32. The number of benzene rings is 2. The number of nitrogens with one attached hydrogen (secondary N) is 1. The third-order valence-corrected chi connectivity index (χ3v) is 7.00. The fraction of sp³-hybridized carbons (Fsp3) is 0.250. The molecule has 0 spiro atoms. The second-order valence-electron chi connectivity index (χ2n) is 8.63. The summed E-state index contributed by atoms with van der Waals surface area (Å²) in [6.45, 7) is 4.45. The number of amides is 1. The van der Waals surface area contributed by atoms with Crippen LogP contribution in [0.5, 0.6) is 11.5 Å². The number of morpholine rings is 1. The lowest BCUT2D eigenvalue weighted by Crippen LogP contribution is -2.38. The average molecular weight is 533 g/mol. The summed E-state index contributed by atoms with van der Waals surface area (Å²) in [5.41, 5.74) is 2.29. The maximum atomic E-state index is 12.9. The molecule has 1 aliphatic heterocycles. The summed E-state index contributed by atoms with van der Waals surface area (Å²) < 4.78 is 18.1. The van der Waals surface area contributed by atoms with Crippen LogP contribution < -0.4 is 14.8 Å². The molecule has 2 aromatic carbocycles. The predicted molar refractivity (Wildman–Crippen MR) is 145 cm³/mol. The number of carbonyl (C=O) groups excluding carboxylic acids is 2. The Kier molecular flexibility index (Phi) is 8.12. The first-order chi connectivity index (χ1) is 18.6. The molecular weight excluding hydrogens is 504 g/mol. The van der Waals surface area contributed by atoms with Crippen molar-refractivity contribution in [2.45, 2.75) is 0 Å². The number of thiophene rings is 1. The molecule has 5 rings (SSSR count). The monoisotopic (exact) mass is 532 g/mol. The van der Waals surface area contributed by atoms with Crippen LogP contribution in [0.25, 0.3) is 11.3 Å². The zero-order chi connectivity index (χ0) is 26.3. The van der Waals surface area contributed by atoms with Crippen molar-refractivity contribution in [3.63, 3.8) is 0 Å². The topological polar surface area (TPSA) is 94.9 Å². The van der Waals surface area contributed by atoms with Crippen LogP contribution in [0.4, 0.5) is 5.69 Å². The number of methoxy groups -OCH3 is 1. The minimum atomic E-state index is -0.269. The molecule has 1 amide bonds. The fourth-order valence-electron chi connectivity index (χ4n) is 4.10. The summed E-state index contributed by atoms with van der Waals surface area (Å²) in [4.78, 5) is 28.6. The van der Waals surface area contributed by atoms with Gasteiger partial charge in [-0.3, -0.25) is 14.5 Å². The highest BCUT2D eigenvalue weighted by Gasteiger charge is 2.17. The molecular formula is C28H28N4O5S. The van der Waals surface area contributed by atoms with E-state index in [-0.39, 0.29) is 11.8 Å². The highest BCUT2D eigenvalue weighted by molar-refractivity contribution is 7.12. The number of rotatable bonds is 9. The predicted octanol–water partition coefficient (Wildman–Crippen LogP) is 4.27. The maximum absolute atomic E-state index is 12.9. The largest absolute Gasteiger partial charge is 0.497 e. The Balaban J connectivity index is 1.38. The Morgan fingerprint density at radius 3 is 2.74 bits per heavy atom. The molecule has 1 fully saturated rings. The molecule has 10 heteroatoms. The summed E-state index contributed by atoms with van der Waals surface area (Å²) in [6, 6.07) is 17.7. The molecule has 4 aromatic rings. The second-order valence-corrected chi connectivity index (χ2v) is 9.58. The third-order valence-electron chi connectivity index (χ3n) is 6.14. The maximum Gasteiger partial charge on any atom is 0.288 e. The van der Waals surface area contributed by atoms with Crippen LogP contribution in [-0.4, -0.2) is 73.1 Å². The second kappa shape index (κ2) is 12.0. The van der Waals surface area contributed by atoms with E-state index in [0.29, 0.717) is 45.5 Å². The van der Waals surface area contributed by atoms with E-state index in [0.717, 1.165) is 32.8 Å². The van der Waals surface area contributed by atoms with Crippen LogP contribution in [0.15, 0.2) is 72.2 Å². The molecule has 0 aliphatic carbocycles. The molecule has 0 radical (unpaired) electrons. The molecule has 38 heavy (non-hydrogen) atoms. The smallest absolute Gasteiger partial charge is 0.288 e. The minimum Gasteiger partial charge on any atom is -0.497 e. The van der Waals surface area contributed by atoms with E-state index < -0.39 is 0 Å². The summed E-state index contributed by atoms with van der Waals surface area (Å²) >= 11 is 1.36. The standard InChI is InChI=1S/C28H28N4O5S/c1-35-22-5-2-4-20(18-22)27(33)29-21-7-8-25(37-16-13-31-11-14-36-15-12-31)23(19-21)24-9-10-32(30-24)28(34)26-6-3-17-38-26/h2-10,17-19H,11-16H2,1H3,(H,29,33). The number of aromatic nitrogens is 2. The zero-order valence-corrected chi connectivity index (χ0v) is 21.8. The van der Waals surface area contributed by atoms with Gasteiger partial charge in [-0.15, -0.1) is 11.3 Å². The van der Waals surface area contributed by atoms with E-state index in [9.17, 15) is 9.59 Å². The quantitative estimate of drug-likeness (QED) is 0.344. The van der Waals surface area contributed by atoms with Crippen molar-refractivity contribution in [3.8, 4) is 22.8 Å².